The lowest BCUT2D eigenvalue weighted by atomic mass is 9.99. The third-order valence-corrected chi connectivity index (χ3v) is 2.95. The molecule has 4 nitrogen and oxygen atoms in total. The maximum absolute atomic E-state index is 5.45. The van der Waals surface area contributed by atoms with Gasteiger partial charge in [0.15, 0.2) is 11.5 Å². The summed E-state index contributed by atoms with van der Waals surface area (Å²) in [4.78, 5) is 0. The molecule has 1 aromatic rings. The molecule has 0 aliphatic carbocycles. The summed E-state index contributed by atoms with van der Waals surface area (Å²) < 4.78 is 16.1. The Balaban J connectivity index is 3.34. The van der Waals surface area contributed by atoms with Gasteiger partial charge >= 0.3 is 0 Å². The van der Waals surface area contributed by atoms with Crippen LogP contribution in [-0.4, -0.2) is 27.9 Å². The molecule has 1 atom stereocenters. The van der Waals surface area contributed by atoms with Gasteiger partial charge < -0.3 is 19.5 Å². The molecule has 0 saturated carbocycles. The van der Waals surface area contributed by atoms with Crippen molar-refractivity contribution in [1.29, 1.82) is 0 Å². The van der Waals surface area contributed by atoms with Crippen LogP contribution in [0.5, 0.6) is 17.2 Å². The maximum atomic E-state index is 5.45. The fourth-order valence-corrected chi connectivity index (χ4v) is 2.03. The van der Waals surface area contributed by atoms with Gasteiger partial charge in [0.25, 0.3) is 0 Å². The number of likely N-dealkylation sites (N-methyl/N-ethyl adjacent to an activating group) is 1. The minimum atomic E-state index is 0.0276. The van der Waals surface area contributed by atoms with Gasteiger partial charge in [0.1, 0.15) is 5.75 Å². The van der Waals surface area contributed by atoms with Crippen LogP contribution in [0.15, 0.2) is 24.3 Å². The summed E-state index contributed by atoms with van der Waals surface area (Å²) in [6.07, 6.45) is 0. The number of rotatable bonds is 7. The van der Waals surface area contributed by atoms with Gasteiger partial charge in [-0.05, 0) is 19.5 Å². The van der Waals surface area contributed by atoms with E-state index in [1.165, 1.54) is 0 Å². The second kappa shape index (κ2) is 7.04. The second-order valence-electron chi connectivity index (χ2n) is 4.29. The van der Waals surface area contributed by atoms with Gasteiger partial charge in [-0.1, -0.05) is 19.1 Å². The fraction of sp³-hybridized carbons (Fsp3) is 0.467. The van der Waals surface area contributed by atoms with Gasteiger partial charge in [0.05, 0.1) is 27.4 Å². The normalized spacial score (nSPS) is 11.8. The Morgan fingerprint density at radius 2 is 1.63 bits per heavy atom. The van der Waals surface area contributed by atoms with Crippen LogP contribution >= 0.6 is 0 Å². The third-order valence-electron chi connectivity index (χ3n) is 2.95. The molecule has 0 saturated heterocycles. The quantitative estimate of drug-likeness (QED) is 0.769. The number of nitrogens with one attached hydrogen (secondary N) is 1. The summed E-state index contributed by atoms with van der Waals surface area (Å²) in [5, 5.41) is 3.39. The summed E-state index contributed by atoms with van der Waals surface area (Å²) >= 11 is 0. The van der Waals surface area contributed by atoms with E-state index in [4.69, 9.17) is 14.2 Å². The van der Waals surface area contributed by atoms with Gasteiger partial charge in [-0.2, -0.15) is 0 Å². The van der Waals surface area contributed by atoms with Crippen LogP contribution in [0.25, 0.3) is 0 Å². The molecular formula is C15H23NO3. The van der Waals surface area contributed by atoms with Gasteiger partial charge in [0, 0.05) is 11.6 Å². The molecule has 0 heterocycles. The molecule has 0 bridgehead atoms. The maximum Gasteiger partial charge on any atom is 0.164 e. The van der Waals surface area contributed by atoms with Crippen LogP contribution in [0.1, 0.15) is 25.5 Å². The lowest BCUT2D eigenvalue weighted by Crippen LogP contribution is -2.22. The van der Waals surface area contributed by atoms with Crippen molar-refractivity contribution in [3.8, 4) is 17.2 Å². The molecule has 0 aliphatic heterocycles. The average Bonchev–Trinajstić information content (AvgIpc) is 2.42. The van der Waals surface area contributed by atoms with Crippen molar-refractivity contribution in [3.63, 3.8) is 0 Å². The van der Waals surface area contributed by atoms with Crippen LogP contribution < -0.4 is 19.5 Å². The lowest BCUT2D eigenvalue weighted by Gasteiger charge is -2.22. The summed E-state index contributed by atoms with van der Waals surface area (Å²) in [5.74, 6) is 2.09. The molecule has 4 heteroatoms. The monoisotopic (exact) mass is 265 g/mol. The number of hydrogen-bond donors (Lipinski definition) is 1. The number of methoxy groups -OCH3 is 3. The first-order valence-electron chi connectivity index (χ1n) is 6.27. The van der Waals surface area contributed by atoms with Gasteiger partial charge in [-0.3, -0.25) is 0 Å². The van der Waals surface area contributed by atoms with E-state index in [9.17, 15) is 0 Å². The van der Waals surface area contributed by atoms with Crippen LogP contribution in [0.3, 0.4) is 0 Å². The lowest BCUT2D eigenvalue weighted by molar-refractivity contribution is 0.346. The molecule has 106 valence electrons. The SMILES string of the molecule is C=C(C)C(NCC)c1cc(OC)c(OC)cc1OC. The zero-order chi connectivity index (χ0) is 14.4. The third kappa shape index (κ3) is 3.41. The first-order valence-corrected chi connectivity index (χ1v) is 6.27. The Hall–Kier alpha value is -1.68. The van der Waals surface area contributed by atoms with Crippen LogP contribution in [0, 0.1) is 0 Å². The smallest absolute Gasteiger partial charge is 0.164 e. The second-order valence-corrected chi connectivity index (χ2v) is 4.29. The largest absolute Gasteiger partial charge is 0.496 e. The van der Waals surface area contributed by atoms with E-state index in [-0.39, 0.29) is 6.04 Å². The predicted molar refractivity (Wildman–Crippen MR) is 77.3 cm³/mol. The van der Waals surface area contributed by atoms with Crippen molar-refractivity contribution in [3.05, 3.63) is 29.8 Å². The minimum absolute atomic E-state index is 0.0276. The highest BCUT2D eigenvalue weighted by atomic mass is 16.5. The summed E-state index contributed by atoms with van der Waals surface area (Å²) in [7, 11) is 4.88. The van der Waals surface area contributed by atoms with Crippen molar-refractivity contribution in [1.82, 2.24) is 5.32 Å². The topological polar surface area (TPSA) is 39.7 Å². The summed E-state index contributed by atoms with van der Waals surface area (Å²) in [6.45, 7) is 8.92. The van der Waals surface area contributed by atoms with E-state index in [2.05, 4.69) is 18.8 Å². The van der Waals surface area contributed by atoms with Gasteiger partial charge in [-0.25, -0.2) is 0 Å². The first-order chi connectivity index (χ1) is 9.08. The number of hydrogen-bond acceptors (Lipinski definition) is 4. The molecule has 1 N–H and O–H groups in total. The zero-order valence-corrected chi connectivity index (χ0v) is 12.4. The van der Waals surface area contributed by atoms with E-state index in [1.807, 2.05) is 19.1 Å². The molecule has 1 aromatic carbocycles. The molecule has 1 rings (SSSR count). The Bertz CT molecular complexity index is 443. The summed E-state index contributed by atoms with van der Waals surface area (Å²) in [5.41, 5.74) is 2.02. The van der Waals surface area contributed by atoms with E-state index in [0.717, 1.165) is 23.4 Å². The zero-order valence-electron chi connectivity index (χ0n) is 12.4. The van der Waals surface area contributed by atoms with Crippen LogP contribution in [0.2, 0.25) is 0 Å². The average molecular weight is 265 g/mol. The van der Waals surface area contributed by atoms with Crippen molar-refractivity contribution < 1.29 is 14.2 Å². The molecule has 0 fully saturated rings. The predicted octanol–water partition coefficient (Wildman–Crippen LogP) is 2.94. The summed E-state index contributed by atoms with van der Waals surface area (Å²) in [6, 6.07) is 3.79. The molecule has 0 amide bonds. The Labute approximate surface area is 115 Å². The first kappa shape index (κ1) is 15.4. The fourth-order valence-electron chi connectivity index (χ4n) is 2.03. The minimum Gasteiger partial charge on any atom is -0.496 e. The molecule has 0 aromatic heterocycles. The highest BCUT2D eigenvalue weighted by Gasteiger charge is 2.19. The van der Waals surface area contributed by atoms with Gasteiger partial charge in [0.2, 0.25) is 0 Å². The molecule has 19 heavy (non-hydrogen) atoms. The molecule has 0 radical (unpaired) electrons. The number of ether oxygens (including phenoxy) is 3. The molecular weight excluding hydrogens is 242 g/mol. The van der Waals surface area contributed by atoms with Gasteiger partial charge in [-0.15, -0.1) is 0 Å². The Morgan fingerprint density at radius 3 is 2.05 bits per heavy atom. The van der Waals surface area contributed by atoms with E-state index < -0.39 is 0 Å². The highest BCUT2D eigenvalue weighted by molar-refractivity contribution is 5.53. The molecule has 0 aliphatic rings. The van der Waals surface area contributed by atoms with Crippen molar-refractivity contribution >= 4 is 0 Å². The van der Waals surface area contributed by atoms with Crippen LogP contribution in [0.4, 0.5) is 0 Å². The molecule has 0 spiro atoms. The Kier molecular flexibility index (Phi) is 5.70. The Morgan fingerprint density at radius 1 is 1.11 bits per heavy atom. The van der Waals surface area contributed by atoms with E-state index >= 15 is 0 Å². The van der Waals surface area contributed by atoms with Crippen LogP contribution in [-0.2, 0) is 0 Å². The van der Waals surface area contributed by atoms with Crippen molar-refractivity contribution in [2.75, 3.05) is 27.9 Å². The number of benzene rings is 1. The standard InChI is InChI=1S/C15H23NO3/c1-7-16-15(10(2)3)11-8-13(18-5)14(19-6)9-12(11)17-4/h8-9,15-16H,2,7H2,1,3-6H3. The van der Waals surface area contributed by atoms with Crippen molar-refractivity contribution in [2.45, 2.75) is 19.9 Å². The van der Waals surface area contributed by atoms with E-state index in [1.54, 1.807) is 21.3 Å². The van der Waals surface area contributed by atoms with E-state index in [0.29, 0.717) is 11.5 Å². The molecule has 1 unspecified atom stereocenters. The van der Waals surface area contributed by atoms with Crippen molar-refractivity contribution in [2.24, 2.45) is 0 Å². The highest BCUT2D eigenvalue weighted by Crippen LogP contribution is 2.38.